The predicted octanol–water partition coefficient (Wildman–Crippen LogP) is 4.60. The molecule has 0 fully saturated rings. The molecule has 0 aliphatic carbocycles. The first-order valence-corrected chi connectivity index (χ1v) is 8.61. The Morgan fingerprint density at radius 1 is 1.04 bits per heavy atom. The van der Waals surface area contributed by atoms with Crippen LogP contribution in [0.15, 0.2) is 73.1 Å². The molecule has 1 aromatic heterocycles. The van der Waals surface area contributed by atoms with Crippen molar-refractivity contribution >= 4 is 11.6 Å². The van der Waals surface area contributed by atoms with Crippen LogP contribution < -0.4 is 5.32 Å². The van der Waals surface area contributed by atoms with Crippen LogP contribution in [-0.2, 0) is 16.1 Å². The molecule has 0 radical (unpaired) electrons. The lowest BCUT2D eigenvalue weighted by Crippen LogP contribution is -2.28. The van der Waals surface area contributed by atoms with Gasteiger partial charge in [-0.25, -0.2) is 0 Å². The highest BCUT2D eigenvalue weighted by molar-refractivity contribution is 5.95. The summed E-state index contributed by atoms with van der Waals surface area (Å²) < 4.78 is 5.70. The molecule has 2 aromatic carbocycles. The van der Waals surface area contributed by atoms with Gasteiger partial charge in [-0.2, -0.15) is 0 Å². The van der Waals surface area contributed by atoms with Crippen molar-refractivity contribution in [1.82, 2.24) is 4.98 Å². The van der Waals surface area contributed by atoms with Crippen molar-refractivity contribution in [1.29, 1.82) is 0 Å². The van der Waals surface area contributed by atoms with E-state index in [1.165, 1.54) is 0 Å². The number of anilines is 1. The Morgan fingerprint density at radius 2 is 1.77 bits per heavy atom. The molecule has 0 bridgehead atoms. The predicted molar refractivity (Wildman–Crippen MR) is 104 cm³/mol. The molecule has 0 aliphatic heterocycles. The third-order valence-electron chi connectivity index (χ3n) is 4.22. The van der Waals surface area contributed by atoms with Gasteiger partial charge in [-0.3, -0.25) is 9.78 Å². The molecule has 1 atom stereocenters. The highest BCUT2D eigenvalue weighted by Gasteiger charge is 2.15. The number of hydrogen-bond donors (Lipinski definition) is 1. The zero-order valence-electron chi connectivity index (χ0n) is 15.0. The van der Waals surface area contributed by atoms with E-state index >= 15 is 0 Å². The van der Waals surface area contributed by atoms with Crippen molar-refractivity contribution in [3.63, 3.8) is 0 Å². The SMILES string of the molecule is Cc1ccc(-c2ccncc2)cc1NC(=O)C(C)OCc1ccccc1. The number of pyridine rings is 1. The second-order valence-corrected chi connectivity index (χ2v) is 6.19. The molecular weight excluding hydrogens is 324 g/mol. The molecule has 0 spiro atoms. The van der Waals surface area contributed by atoms with Crippen molar-refractivity contribution in [3.05, 3.63) is 84.2 Å². The number of rotatable bonds is 6. The van der Waals surface area contributed by atoms with Gasteiger partial charge in [0.15, 0.2) is 0 Å². The number of aryl methyl sites for hydroxylation is 1. The van der Waals surface area contributed by atoms with Crippen molar-refractivity contribution in [2.75, 3.05) is 5.32 Å². The first kappa shape index (κ1) is 17.8. The minimum atomic E-state index is -0.542. The molecule has 4 nitrogen and oxygen atoms in total. The summed E-state index contributed by atoms with van der Waals surface area (Å²) >= 11 is 0. The summed E-state index contributed by atoms with van der Waals surface area (Å²) in [7, 11) is 0. The number of carbonyl (C=O) groups excluding carboxylic acids is 1. The molecular formula is C22H22N2O2. The molecule has 1 amide bonds. The Hall–Kier alpha value is -2.98. The maximum Gasteiger partial charge on any atom is 0.253 e. The van der Waals surface area contributed by atoms with Crippen molar-refractivity contribution in [2.24, 2.45) is 0 Å². The summed E-state index contributed by atoms with van der Waals surface area (Å²) in [6, 6.07) is 19.7. The number of aromatic nitrogens is 1. The molecule has 1 unspecified atom stereocenters. The Kier molecular flexibility index (Phi) is 5.77. The van der Waals surface area contributed by atoms with E-state index in [0.717, 1.165) is 27.9 Å². The van der Waals surface area contributed by atoms with Crippen molar-refractivity contribution < 1.29 is 9.53 Å². The Bertz CT molecular complexity index is 864. The van der Waals surface area contributed by atoms with E-state index in [-0.39, 0.29) is 5.91 Å². The van der Waals surface area contributed by atoms with Gasteiger partial charge in [0.1, 0.15) is 6.10 Å². The van der Waals surface area contributed by atoms with Gasteiger partial charge in [0.2, 0.25) is 0 Å². The second kappa shape index (κ2) is 8.41. The van der Waals surface area contributed by atoms with Crippen LogP contribution in [0.3, 0.4) is 0 Å². The maximum atomic E-state index is 12.5. The Balaban J connectivity index is 1.66. The first-order valence-electron chi connectivity index (χ1n) is 8.61. The molecule has 132 valence electrons. The number of nitrogens with one attached hydrogen (secondary N) is 1. The van der Waals surface area contributed by atoms with E-state index in [1.807, 2.05) is 67.6 Å². The average molecular weight is 346 g/mol. The smallest absolute Gasteiger partial charge is 0.253 e. The molecule has 1 heterocycles. The maximum absolute atomic E-state index is 12.5. The van der Waals surface area contributed by atoms with E-state index in [1.54, 1.807) is 19.3 Å². The van der Waals surface area contributed by atoms with Crippen LogP contribution in [0.5, 0.6) is 0 Å². The number of ether oxygens (including phenoxy) is 1. The zero-order chi connectivity index (χ0) is 18.4. The number of hydrogen-bond acceptors (Lipinski definition) is 3. The number of nitrogens with zero attached hydrogens (tertiary/aromatic N) is 1. The lowest BCUT2D eigenvalue weighted by atomic mass is 10.0. The quantitative estimate of drug-likeness (QED) is 0.709. The molecule has 26 heavy (non-hydrogen) atoms. The van der Waals surface area contributed by atoms with Gasteiger partial charge in [-0.15, -0.1) is 0 Å². The van der Waals surface area contributed by atoms with Crippen molar-refractivity contribution in [3.8, 4) is 11.1 Å². The van der Waals surface area contributed by atoms with E-state index in [2.05, 4.69) is 10.3 Å². The fraction of sp³-hybridized carbons (Fsp3) is 0.182. The molecule has 3 rings (SSSR count). The van der Waals surface area contributed by atoms with Gasteiger partial charge < -0.3 is 10.1 Å². The van der Waals surface area contributed by atoms with Crippen LogP contribution >= 0.6 is 0 Å². The lowest BCUT2D eigenvalue weighted by Gasteiger charge is -2.15. The molecule has 0 saturated carbocycles. The Labute approximate surface area is 153 Å². The standard InChI is InChI=1S/C22H22N2O2/c1-16-8-9-20(19-10-12-23-13-11-19)14-21(16)24-22(25)17(2)26-15-18-6-4-3-5-7-18/h3-14,17H,15H2,1-2H3,(H,24,25). The monoisotopic (exact) mass is 346 g/mol. The van der Waals surface area contributed by atoms with Gasteiger partial charge >= 0.3 is 0 Å². The summed E-state index contributed by atoms with van der Waals surface area (Å²) in [5, 5.41) is 2.98. The third-order valence-corrected chi connectivity index (χ3v) is 4.22. The third kappa shape index (κ3) is 4.55. The van der Waals surface area contributed by atoms with Gasteiger partial charge in [0.25, 0.3) is 5.91 Å². The van der Waals surface area contributed by atoms with Crippen molar-refractivity contribution in [2.45, 2.75) is 26.6 Å². The molecule has 3 aromatic rings. The summed E-state index contributed by atoms with van der Waals surface area (Å²) in [4.78, 5) is 16.5. The van der Waals surface area contributed by atoms with E-state index in [9.17, 15) is 4.79 Å². The largest absolute Gasteiger partial charge is 0.364 e. The van der Waals surface area contributed by atoms with E-state index < -0.39 is 6.10 Å². The molecule has 1 N–H and O–H groups in total. The fourth-order valence-corrected chi connectivity index (χ4v) is 2.59. The second-order valence-electron chi connectivity index (χ2n) is 6.19. The van der Waals surface area contributed by atoms with Crippen LogP contribution in [0.25, 0.3) is 11.1 Å². The van der Waals surface area contributed by atoms with Gasteiger partial charge in [0, 0.05) is 18.1 Å². The summed E-state index contributed by atoms with van der Waals surface area (Å²) in [6.45, 7) is 4.15. The number of benzene rings is 2. The van der Waals surface area contributed by atoms with E-state index in [0.29, 0.717) is 6.61 Å². The number of carbonyl (C=O) groups is 1. The number of amides is 1. The average Bonchev–Trinajstić information content (AvgIpc) is 2.69. The van der Waals surface area contributed by atoms with Crippen LogP contribution in [0.2, 0.25) is 0 Å². The summed E-state index contributed by atoms with van der Waals surface area (Å²) in [5.41, 5.74) is 4.93. The van der Waals surface area contributed by atoms with Gasteiger partial charge in [-0.1, -0.05) is 42.5 Å². The summed E-state index contributed by atoms with van der Waals surface area (Å²) in [5.74, 6) is -0.157. The molecule has 0 saturated heterocycles. The van der Waals surface area contributed by atoms with Gasteiger partial charge in [0.05, 0.1) is 6.61 Å². The van der Waals surface area contributed by atoms with Crippen LogP contribution in [-0.4, -0.2) is 17.0 Å². The Morgan fingerprint density at radius 3 is 2.50 bits per heavy atom. The molecule has 4 heteroatoms. The van der Waals surface area contributed by atoms with E-state index in [4.69, 9.17) is 4.74 Å². The zero-order valence-corrected chi connectivity index (χ0v) is 15.0. The molecule has 0 aliphatic rings. The summed E-state index contributed by atoms with van der Waals surface area (Å²) in [6.07, 6.45) is 2.97. The van der Waals surface area contributed by atoms with Crippen LogP contribution in [0.1, 0.15) is 18.1 Å². The van der Waals surface area contributed by atoms with Crippen LogP contribution in [0.4, 0.5) is 5.69 Å². The fourth-order valence-electron chi connectivity index (χ4n) is 2.59. The van der Waals surface area contributed by atoms with Crippen LogP contribution in [0, 0.1) is 6.92 Å². The topological polar surface area (TPSA) is 51.2 Å². The minimum absolute atomic E-state index is 0.157. The van der Waals surface area contributed by atoms with Gasteiger partial charge in [-0.05, 0) is 54.3 Å². The highest BCUT2D eigenvalue weighted by atomic mass is 16.5. The lowest BCUT2D eigenvalue weighted by molar-refractivity contribution is -0.127. The highest BCUT2D eigenvalue weighted by Crippen LogP contribution is 2.25. The first-order chi connectivity index (χ1) is 12.6. The normalized spacial score (nSPS) is 11.8. The minimum Gasteiger partial charge on any atom is -0.364 e.